The van der Waals surface area contributed by atoms with Gasteiger partial charge in [-0.2, -0.15) is 0 Å². The second-order valence-corrected chi connectivity index (χ2v) is 5.66. The Morgan fingerprint density at radius 1 is 1.40 bits per heavy atom. The fraction of sp³-hybridized carbons (Fsp3) is 0.400. The highest BCUT2D eigenvalue weighted by atomic mass is 79.9. The summed E-state index contributed by atoms with van der Waals surface area (Å²) in [7, 11) is -3.17. The lowest BCUT2D eigenvalue weighted by atomic mass is 10.2. The van der Waals surface area contributed by atoms with E-state index >= 15 is 0 Å². The van der Waals surface area contributed by atoms with E-state index in [0.29, 0.717) is 12.1 Å². The molecule has 0 amide bonds. The average molecular weight is 292 g/mol. The fourth-order valence-electron chi connectivity index (χ4n) is 1.22. The van der Waals surface area contributed by atoms with Gasteiger partial charge in [0.2, 0.25) is 10.0 Å². The molecule has 0 fully saturated rings. The summed E-state index contributed by atoms with van der Waals surface area (Å²) in [5.41, 5.74) is 1.67. The third kappa shape index (κ3) is 4.22. The first-order valence-electron chi connectivity index (χ1n) is 4.73. The van der Waals surface area contributed by atoms with Gasteiger partial charge < -0.3 is 0 Å². The topological polar surface area (TPSA) is 46.2 Å². The largest absolute Gasteiger partial charge is 0.284 e. The van der Waals surface area contributed by atoms with Crippen LogP contribution in [0.3, 0.4) is 0 Å². The molecule has 0 saturated carbocycles. The fourth-order valence-corrected chi connectivity index (χ4v) is 2.69. The first kappa shape index (κ1) is 12.5. The predicted molar refractivity (Wildman–Crippen MR) is 66.8 cm³/mol. The lowest BCUT2D eigenvalue weighted by Gasteiger charge is -2.07. The first-order valence-corrected chi connectivity index (χ1v) is 7.50. The number of hydrogen-bond donors (Lipinski definition) is 1. The molecule has 0 aromatic heterocycles. The predicted octanol–water partition coefficient (Wildman–Crippen LogP) is 2.73. The van der Waals surface area contributed by atoms with Crippen molar-refractivity contribution in [1.29, 1.82) is 0 Å². The number of hydrogen-bond acceptors (Lipinski definition) is 2. The number of alkyl halides is 1. The van der Waals surface area contributed by atoms with Crippen LogP contribution in [0.2, 0.25) is 0 Å². The standard InChI is InChI=1S/C10H14BrNO2S/c1-2-6-15(13,14)12-10-5-3-4-9(7-10)8-11/h3-5,7,12H,2,6,8H2,1H3. The summed E-state index contributed by atoms with van der Waals surface area (Å²) in [6.45, 7) is 1.84. The molecule has 0 aliphatic heterocycles. The van der Waals surface area contributed by atoms with Gasteiger partial charge in [-0.3, -0.25) is 4.72 Å². The quantitative estimate of drug-likeness (QED) is 0.848. The smallest absolute Gasteiger partial charge is 0.232 e. The molecule has 84 valence electrons. The van der Waals surface area contributed by atoms with E-state index in [1.165, 1.54) is 0 Å². The molecule has 3 nitrogen and oxygen atoms in total. The van der Waals surface area contributed by atoms with Crippen LogP contribution in [0.5, 0.6) is 0 Å². The Balaban J connectivity index is 2.80. The van der Waals surface area contributed by atoms with Crippen molar-refractivity contribution in [2.45, 2.75) is 18.7 Å². The zero-order valence-corrected chi connectivity index (χ0v) is 10.9. The third-order valence-electron chi connectivity index (χ3n) is 1.83. The summed E-state index contributed by atoms with van der Waals surface area (Å²) < 4.78 is 25.5. The molecule has 0 unspecified atom stereocenters. The van der Waals surface area contributed by atoms with Gasteiger partial charge in [0.05, 0.1) is 5.75 Å². The molecule has 0 aliphatic rings. The third-order valence-corrected chi connectivity index (χ3v) is 3.97. The van der Waals surface area contributed by atoms with Crippen molar-refractivity contribution >= 4 is 31.6 Å². The van der Waals surface area contributed by atoms with Gasteiger partial charge in [0.25, 0.3) is 0 Å². The van der Waals surface area contributed by atoms with Gasteiger partial charge in [-0.05, 0) is 24.1 Å². The molecule has 0 heterocycles. The molecule has 0 saturated heterocycles. The number of nitrogens with one attached hydrogen (secondary N) is 1. The molecule has 0 atom stereocenters. The van der Waals surface area contributed by atoms with Gasteiger partial charge in [-0.25, -0.2) is 8.42 Å². The molecule has 5 heteroatoms. The van der Waals surface area contributed by atoms with Crippen molar-refractivity contribution < 1.29 is 8.42 Å². The van der Waals surface area contributed by atoms with E-state index in [4.69, 9.17) is 0 Å². The average Bonchev–Trinajstić information content (AvgIpc) is 2.17. The van der Waals surface area contributed by atoms with Crippen molar-refractivity contribution in [3.63, 3.8) is 0 Å². The highest BCUT2D eigenvalue weighted by molar-refractivity contribution is 9.08. The summed E-state index contributed by atoms with van der Waals surface area (Å²) in [6.07, 6.45) is 0.619. The summed E-state index contributed by atoms with van der Waals surface area (Å²) >= 11 is 3.32. The Morgan fingerprint density at radius 3 is 2.73 bits per heavy atom. The van der Waals surface area contributed by atoms with Crippen LogP contribution < -0.4 is 4.72 Å². The van der Waals surface area contributed by atoms with Gasteiger partial charge in [0, 0.05) is 11.0 Å². The lowest BCUT2D eigenvalue weighted by Crippen LogP contribution is -2.16. The van der Waals surface area contributed by atoms with E-state index in [1.807, 2.05) is 25.1 Å². The molecule has 0 aliphatic carbocycles. The van der Waals surface area contributed by atoms with Gasteiger partial charge in [0.15, 0.2) is 0 Å². The molecule has 0 spiro atoms. The van der Waals surface area contributed by atoms with E-state index in [0.717, 1.165) is 10.9 Å². The highest BCUT2D eigenvalue weighted by Gasteiger charge is 2.08. The molecular formula is C10H14BrNO2S. The monoisotopic (exact) mass is 291 g/mol. The minimum Gasteiger partial charge on any atom is -0.284 e. The van der Waals surface area contributed by atoms with E-state index in [9.17, 15) is 8.42 Å². The molecule has 1 N–H and O–H groups in total. The number of sulfonamides is 1. The van der Waals surface area contributed by atoms with E-state index in [2.05, 4.69) is 20.7 Å². The maximum atomic E-state index is 11.5. The van der Waals surface area contributed by atoms with Gasteiger partial charge in [0.1, 0.15) is 0 Å². The number of anilines is 1. The van der Waals surface area contributed by atoms with E-state index < -0.39 is 10.0 Å². The second-order valence-electron chi connectivity index (χ2n) is 3.25. The lowest BCUT2D eigenvalue weighted by molar-refractivity contribution is 0.600. The zero-order valence-electron chi connectivity index (χ0n) is 8.53. The van der Waals surface area contributed by atoms with Crippen LogP contribution in [0.25, 0.3) is 0 Å². The second kappa shape index (κ2) is 5.51. The Labute approximate surface area is 99.1 Å². The van der Waals surface area contributed by atoms with Crippen LogP contribution in [0, 0.1) is 0 Å². The molecule has 15 heavy (non-hydrogen) atoms. The van der Waals surface area contributed by atoms with Crippen molar-refractivity contribution in [3.05, 3.63) is 29.8 Å². The Morgan fingerprint density at radius 2 is 2.13 bits per heavy atom. The van der Waals surface area contributed by atoms with Crippen LogP contribution >= 0.6 is 15.9 Å². The maximum Gasteiger partial charge on any atom is 0.232 e. The SMILES string of the molecule is CCCS(=O)(=O)Nc1cccc(CBr)c1. The van der Waals surface area contributed by atoms with Crippen LogP contribution in [0.15, 0.2) is 24.3 Å². The molecular weight excluding hydrogens is 278 g/mol. The van der Waals surface area contributed by atoms with Crippen LogP contribution in [-0.2, 0) is 15.4 Å². The van der Waals surface area contributed by atoms with Crippen LogP contribution in [0.1, 0.15) is 18.9 Å². The number of halogens is 1. The molecule has 0 radical (unpaired) electrons. The minimum atomic E-state index is -3.17. The maximum absolute atomic E-state index is 11.5. The van der Waals surface area contributed by atoms with Gasteiger partial charge >= 0.3 is 0 Å². The van der Waals surface area contributed by atoms with Crippen molar-refractivity contribution in [2.24, 2.45) is 0 Å². The summed E-state index contributed by atoms with van der Waals surface area (Å²) in [6, 6.07) is 7.34. The molecule has 1 aromatic carbocycles. The van der Waals surface area contributed by atoms with Crippen molar-refractivity contribution in [3.8, 4) is 0 Å². The minimum absolute atomic E-state index is 0.158. The Bertz CT molecular complexity index is 417. The molecule has 1 rings (SSSR count). The zero-order chi connectivity index (χ0) is 11.3. The number of rotatable bonds is 5. The van der Waals surface area contributed by atoms with Crippen molar-refractivity contribution in [1.82, 2.24) is 0 Å². The van der Waals surface area contributed by atoms with Crippen molar-refractivity contribution in [2.75, 3.05) is 10.5 Å². The van der Waals surface area contributed by atoms with Gasteiger partial charge in [-0.1, -0.05) is 35.0 Å². The molecule has 1 aromatic rings. The van der Waals surface area contributed by atoms with Gasteiger partial charge in [-0.15, -0.1) is 0 Å². The summed E-state index contributed by atoms with van der Waals surface area (Å²) in [5, 5.41) is 0.719. The van der Waals surface area contributed by atoms with Crippen LogP contribution in [0.4, 0.5) is 5.69 Å². The summed E-state index contributed by atoms with van der Waals surface area (Å²) in [5.74, 6) is 0.158. The Kier molecular flexibility index (Phi) is 4.60. The summed E-state index contributed by atoms with van der Waals surface area (Å²) in [4.78, 5) is 0. The van der Waals surface area contributed by atoms with E-state index in [-0.39, 0.29) is 5.75 Å². The normalized spacial score (nSPS) is 11.3. The number of benzene rings is 1. The molecule has 0 bridgehead atoms. The highest BCUT2D eigenvalue weighted by Crippen LogP contribution is 2.14. The van der Waals surface area contributed by atoms with E-state index in [1.54, 1.807) is 6.07 Å². The first-order chi connectivity index (χ1) is 7.07. The Hall–Kier alpha value is -0.550. The van der Waals surface area contributed by atoms with Crippen LogP contribution in [-0.4, -0.2) is 14.2 Å².